The number of carbonyl (C=O) groups is 2. The number of hydrogen-bond acceptors (Lipinski definition) is 3. The smallest absolute Gasteiger partial charge is 0.396 e. The first kappa shape index (κ1) is 27.8. The number of benzene rings is 1. The zero-order valence-electron chi connectivity index (χ0n) is 21.8. The lowest BCUT2D eigenvalue weighted by Gasteiger charge is -2.56. The molecule has 0 unspecified atom stereocenters. The molecule has 10 heteroatoms. The van der Waals surface area contributed by atoms with Crippen LogP contribution in [0.5, 0.6) is 0 Å². The van der Waals surface area contributed by atoms with E-state index in [4.69, 9.17) is 5.73 Å². The molecule has 1 aromatic rings. The molecule has 6 atom stereocenters. The molecule has 4 nitrogen and oxygen atoms in total. The Balaban J connectivity index is 1.48. The highest BCUT2D eigenvalue weighted by molar-refractivity contribution is 5.97. The molecule has 2 fully saturated rings. The fourth-order valence-corrected chi connectivity index (χ4v) is 8.27. The Hall–Kier alpha value is -2.78. The normalized spacial score (nSPS) is 34.8. The van der Waals surface area contributed by atoms with Crippen molar-refractivity contribution in [3.63, 3.8) is 0 Å². The molecule has 0 aliphatic heterocycles. The fraction of sp³-hybridized carbons (Fsp3) is 0.586. The van der Waals surface area contributed by atoms with E-state index < -0.39 is 40.7 Å². The van der Waals surface area contributed by atoms with Crippen molar-refractivity contribution in [3.05, 3.63) is 59.3 Å². The summed E-state index contributed by atoms with van der Waals surface area (Å²) >= 11 is 0. The molecular weight excluding hydrogens is 522 g/mol. The van der Waals surface area contributed by atoms with Crippen molar-refractivity contribution in [2.24, 2.45) is 40.2 Å². The summed E-state index contributed by atoms with van der Waals surface area (Å²) in [6.45, 7) is 3.92. The quantitative estimate of drug-likeness (QED) is 0.429. The maximum absolute atomic E-state index is 14.3. The summed E-state index contributed by atoms with van der Waals surface area (Å²) in [5.74, 6) is -2.30. The SMILES string of the molecule is C[C@]12CC[C@H]3[C@@H](C=CC4=C(N)C(=O)CC[C@@]43C)[C@@H]1CC[C@@H]2C(=O)NC(c1ccccc1)(C(F)(F)F)C(F)(F)F. The molecule has 0 bridgehead atoms. The van der Waals surface area contributed by atoms with E-state index in [1.807, 2.05) is 19.1 Å². The van der Waals surface area contributed by atoms with Crippen LogP contribution in [0, 0.1) is 34.5 Å². The highest BCUT2D eigenvalue weighted by atomic mass is 19.4. The minimum absolute atomic E-state index is 0.0135. The Bertz CT molecular complexity index is 1220. The van der Waals surface area contributed by atoms with Crippen molar-refractivity contribution in [1.29, 1.82) is 0 Å². The molecule has 0 heterocycles. The molecule has 0 spiro atoms. The molecule has 4 aliphatic carbocycles. The van der Waals surface area contributed by atoms with Gasteiger partial charge in [0.25, 0.3) is 5.54 Å². The van der Waals surface area contributed by atoms with Crippen molar-refractivity contribution >= 4 is 11.7 Å². The third-order valence-corrected chi connectivity index (χ3v) is 10.4. The van der Waals surface area contributed by atoms with E-state index in [1.54, 1.807) is 0 Å². The number of hydrogen-bond donors (Lipinski definition) is 2. The van der Waals surface area contributed by atoms with E-state index in [1.165, 1.54) is 11.4 Å². The summed E-state index contributed by atoms with van der Waals surface area (Å²) in [6, 6.07) is 4.98. The molecule has 1 aromatic carbocycles. The van der Waals surface area contributed by atoms with Gasteiger partial charge in [-0.15, -0.1) is 0 Å². The van der Waals surface area contributed by atoms with Crippen LogP contribution in [-0.4, -0.2) is 24.0 Å². The van der Waals surface area contributed by atoms with E-state index in [2.05, 4.69) is 6.92 Å². The van der Waals surface area contributed by atoms with Gasteiger partial charge >= 0.3 is 12.4 Å². The molecule has 2 saturated carbocycles. The fourth-order valence-electron chi connectivity index (χ4n) is 8.27. The summed E-state index contributed by atoms with van der Waals surface area (Å²) in [5.41, 5.74) is 0.533. The van der Waals surface area contributed by atoms with Crippen molar-refractivity contribution < 1.29 is 35.9 Å². The number of halogens is 6. The van der Waals surface area contributed by atoms with Gasteiger partial charge in [-0.1, -0.05) is 56.3 Å². The summed E-state index contributed by atoms with van der Waals surface area (Å²) in [5, 5.41) is 1.49. The van der Waals surface area contributed by atoms with Gasteiger partial charge in [-0.2, -0.15) is 26.3 Å². The second-order valence-electron chi connectivity index (χ2n) is 12.1. The van der Waals surface area contributed by atoms with Gasteiger partial charge in [-0.05, 0) is 71.8 Å². The number of amides is 1. The third-order valence-electron chi connectivity index (χ3n) is 10.4. The van der Waals surface area contributed by atoms with Gasteiger partial charge < -0.3 is 11.1 Å². The number of nitrogens with two attached hydrogens (primary N) is 1. The summed E-state index contributed by atoms with van der Waals surface area (Å²) < 4.78 is 86.0. The molecule has 1 amide bonds. The number of carbonyl (C=O) groups excluding carboxylic acids is 2. The predicted octanol–water partition coefficient (Wildman–Crippen LogP) is 6.33. The number of fused-ring (bicyclic) bond motifs is 5. The summed E-state index contributed by atoms with van der Waals surface area (Å²) in [6.07, 6.45) is -4.96. The van der Waals surface area contributed by atoms with Crippen LogP contribution >= 0.6 is 0 Å². The minimum atomic E-state index is -5.82. The minimum Gasteiger partial charge on any atom is -0.396 e. The van der Waals surface area contributed by atoms with Gasteiger partial charge in [0.15, 0.2) is 5.78 Å². The zero-order valence-corrected chi connectivity index (χ0v) is 21.8. The Morgan fingerprint density at radius 3 is 2.21 bits per heavy atom. The average Bonchev–Trinajstić information content (AvgIpc) is 3.21. The van der Waals surface area contributed by atoms with Crippen LogP contribution in [0.15, 0.2) is 53.8 Å². The molecular formula is C29H32F6N2O2. The van der Waals surface area contributed by atoms with Gasteiger partial charge in [0.1, 0.15) is 0 Å². The van der Waals surface area contributed by atoms with Crippen molar-refractivity contribution in [1.82, 2.24) is 5.32 Å². The largest absolute Gasteiger partial charge is 0.424 e. The third kappa shape index (κ3) is 3.87. The van der Waals surface area contributed by atoms with E-state index >= 15 is 0 Å². The van der Waals surface area contributed by atoms with Crippen LogP contribution in [0.2, 0.25) is 0 Å². The maximum Gasteiger partial charge on any atom is 0.424 e. The van der Waals surface area contributed by atoms with E-state index in [0.717, 1.165) is 29.8 Å². The predicted molar refractivity (Wildman–Crippen MR) is 132 cm³/mol. The highest BCUT2D eigenvalue weighted by Gasteiger charge is 2.73. The second-order valence-corrected chi connectivity index (χ2v) is 12.1. The van der Waals surface area contributed by atoms with Gasteiger partial charge in [-0.25, -0.2) is 0 Å². The van der Waals surface area contributed by atoms with Crippen molar-refractivity contribution in [2.75, 3.05) is 0 Å². The topological polar surface area (TPSA) is 72.2 Å². The number of Topliss-reactive ketones (excluding diaryl/α,β-unsaturated/α-hetero) is 1. The first-order valence-electron chi connectivity index (χ1n) is 13.3. The van der Waals surface area contributed by atoms with Crippen LogP contribution < -0.4 is 11.1 Å². The van der Waals surface area contributed by atoms with Crippen LogP contribution in [0.3, 0.4) is 0 Å². The molecule has 3 N–H and O–H groups in total. The highest BCUT2D eigenvalue weighted by Crippen LogP contribution is 2.65. The average molecular weight is 555 g/mol. The lowest BCUT2D eigenvalue weighted by molar-refractivity contribution is -0.312. The Morgan fingerprint density at radius 2 is 1.59 bits per heavy atom. The lowest BCUT2D eigenvalue weighted by atomic mass is 9.48. The van der Waals surface area contributed by atoms with Crippen molar-refractivity contribution in [2.45, 2.75) is 70.3 Å². The molecule has 0 saturated heterocycles. The number of allylic oxidation sites excluding steroid dienone is 4. The van der Waals surface area contributed by atoms with E-state index in [-0.39, 0.29) is 41.1 Å². The molecule has 212 valence electrons. The lowest BCUT2D eigenvalue weighted by Crippen LogP contribution is -2.66. The van der Waals surface area contributed by atoms with Crippen LogP contribution in [0.1, 0.15) is 57.9 Å². The molecule has 0 aromatic heterocycles. The first-order valence-corrected chi connectivity index (χ1v) is 13.3. The molecule has 5 rings (SSSR count). The van der Waals surface area contributed by atoms with E-state index in [9.17, 15) is 35.9 Å². The number of rotatable bonds is 3. The Labute approximate surface area is 223 Å². The summed E-state index contributed by atoms with van der Waals surface area (Å²) in [4.78, 5) is 25.8. The second kappa shape index (κ2) is 8.86. The summed E-state index contributed by atoms with van der Waals surface area (Å²) in [7, 11) is 0. The zero-order chi connectivity index (χ0) is 28.6. The van der Waals surface area contributed by atoms with Gasteiger partial charge in [0.05, 0.1) is 5.70 Å². The van der Waals surface area contributed by atoms with Crippen LogP contribution in [-0.2, 0) is 15.1 Å². The molecule has 39 heavy (non-hydrogen) atoms. The van der Waals surface area contributed by atoms with Gasteiger partial charge in [0.2, 0.25) is 5.91 Å². The standard InChI is InChI=1S/C29H32F6N2O2/c1-25-15-13-22(38)23(36)20(25)9-8-17-18-10-11-21(26(18,2)14-12-19(17)25)24(39)37-27(28(30,31)32,29(33,34)35)16-6-4-3-5-7-16/h3-9,17-19,21H,10-15,36H2,1-2H3,(H,37,39)/t17-,18-,19-,21+,25+,26-/m0/s1. The maximum atomic E-state index is 14.3. The number of alkyl halides is 6. The number of ketones is 1. The van der Waals surface area contributed by atoms with Gasteiger partial charge in [0, 0.05) is 12.3 Å². The molecule has 0 radical (unpaired) electrons. The number of nitrogens with one attached hydrogen (secondary N) is 1. The molecule has 4 aliphatic rings. The van der Waals surface area contributed by atoms with Crippen LogP contribution in [0.25, 0.3) is 0 Å². The Morgan fingerprint density at radius 1 is 0.949 bits per heavy atom. The van der Waals surface area contributed by atoms with Crippen LogP contribution in [0.4, 0.5) is 26.3 Å². The van der Waals surface area contributed by atoms with Crippen molar-refractivity contribution in [3.8, 4) is 0 Å². The first-order chi connectivity index (χ1) is 18.1. The Kier molecular flexibility index (Phi) is 6.31. The van der Waals surface area contributed by atoms with Gasteiger partial charge in [-0.3, -0.25) is 9.59 Å². The van der Waals surface area contributed by atoms with E-state index in [0.29, 0.717) is 32.1 Å². The monoisotopic (exact) mass is 554 g/mol.